The van der Waals surface area contributed by atoms with Crippen LogP contribution in [0.4, 0.5) is 0 Å². The predicted octanol–water partition coefficient (Wildman–Crippen LogP) is 4.85. The third kappa shape index (κ3) is 8.95. The molecule has 0 fully saturated rings. The second-order valence-electron chi connectivity index (χ2n) is 7.52. The van der Waals surface area contributed by atoms with E-state index >= 15 is 0 Å². The molecule has 0 aromatic rings. The fourth-order valence-electron chi connectivity index (χ4n) is 3.71. The fraction of sp³-hybridized carbons (Fsp3) is 0.810. The minimum Gasteiger partial charge on any atom is -0.477 e. The molecule has 0 bridgehead atoms. The number of carboxylic acid groups (broad SMARTS) is 1. The zero-order chi connectivity index (χ0) is 19.1. The molecule has 1 rings (SSSR count). The third-order valence-electron chi connectivity index (χ3n) is 5.26. The Bertz CT molecular complexity index is 449. The maximum absolute atomic E-state index is 11.2. The molecule has 0 radical (unpaired) electrons. The van der Waals surface area contributed by atoms with Gasteiger partial charge in [-0.1, -0.05) is 77.6 Å². The number of aliphatic hydroxyl groups is 1. The van der Waals surface area contributed by atoms with Gasteiger partial charge in [0.15, 0.2) is 6.54 Å². The summed E-state index contributed by atoms with van der Waals surface area (Å²) in [5, 5.41) is 18.5. The Morgan fingerprint density at radius 1 is 0.962 bits per heavy atom. The highest BCUT2D eigenvalue weighted by Gasteiger charge is 2.36. The zero-order valence-corrected chi connectivity index (χ0v) is 16.7. The summed E-state index contributed by atoms with van der Waals surface area (Å²) in [6, 6.07) is 0. The first-order chi connectivity index (χ1) is 12.6. The summed E-state index contributed by atoms with van der Waals surface area (Å²) in [7, 11) is 0. The molecule has 0 aromatic carbocycles. The Kier molecular flexibility index (Phi) is 12.2. The summed E-state index contributed by atoms with van der Waals surface area (Å²) in [6.45, 7) is 2.58. The van der Waals surface area contributed by atoms with Crippen molar-refractivity contribution in [3.8, 4) is 0 Å². The molecular weight excluding hydrogens is 328 g/mol. The van der Waals surface area contributed by atoms with Crippen LogP contribution in [-0.2, 0) is 4.79 Å². The van der Waals surface area contributed by atoms with Gasteiger partial charge in [-0.25, -0.2) is 14.3 Å². The van der Waals surface area contributed by atoms with Crippen molar-refractivity contribution >= 4 is 11.8 Å². The van der Waals surface area contributed by atoms with E-state index in [0.717, 1.165) is 18.7 Å². The van der Waals surface area contributed by atoms with Crippen molar-refractivity contribution < 1.29 is 19.5 Å². The van der Waals surface area contributed by atoms with Gasteiger partial charge in [0.05, 0.1) is 12.8 Å². The van der Waals surface area contributed by atoms with Crippen LogP contribution in [0.5, 0.6) is 0 Å². The highest BCUT2D eigenvalue weighted by molar-refractivity contribution is 5.81. The van der Waals surface area contributed by atoms with E-state index in [1.807, 2.05) is 0 Å². The average Bonchev–Trinajstić information content (AvgIpc) is 2.97. The summed E-state index contributed by atoms with van der Waals surface area (Å²) < 4.78 is 0.184. The van der Waals surface area contributed by atoms with Crippen molar-refractivity contribution in [1.82, 2.24) is 0 Å². The van der Waals surface area contributed by atoms with E-state index in [-0.39, 0.29) is 17.6 Å². The van der Waals surface area contributed by atoms with Crippen LogP contribution < -0.4 is 0 Å². The molecule has 5 nitrogen and oxygen atoms in total. The molecule has 150 valence electrons. The van der Waals surface area contributed by atoms with E-state index in [1.165, 1.54) is 70.6 Å². The van der Waals surface area contributed by atoms with Gasteiger partial charge in [0.25, 0.3) is 0 Å². The van der Waals surface area contributed by atoms with Crippen LogP contribution in [0, 0.1) is 0 Å². The molecule has 0 aliphatic carbocycles. The molecule has 0 saturated carbocycles. The number of hydrogen-bond donors (Lipinski definition) is 2. The van der Waals surface area contributed by atoms with E-state index < -0.39 is 5.97 Å². The minimum absolute atomic E-state index is 0.0327. The predicted molar refractivity (Wildman–Crippen MR) is 107 cm³/mol. The highest BCUT2D eigenvalue weighted by Crippen LogP contribution is 2.21. The largest absolute Gasteiger partial charge is 0.477 e. The Balaban J connectivity index is 2.09. The van der Waals surface area contributed by atoms with Gasteiger partial charge in [0.2, 0.25) is 5.84 Å². The average molecular weight is 368 g/mol. The molecule has 1 aliphatic heterocycles. The number of quaternary nitrogens is 1. The lowest BCUT2D eigenvalue weighted by molar-refractivity contribution is -0.780. The number of rotatable bonds is 17. The number of aliphatic carboxylic acids is 1. The van der Waals surface area contributed by atoms with Crippen LogP contribution >= 0.6 is 0 Å². The van der Waals surface area contributed by atoms with Crippen molar-refractivity contribution in [1.29, 1.82) is 0 Å². The second kappa shape index (κ2) is 13.9. The van der Waals surface area contributed by atoms with Crippen LogP contribution in [0.25, 0.3) is 0 Å². The van der Waals surface area contributed by atoms with Gasteiger partial charge < -0.3 is 10.2 Å². The molecule has 26 heavy (non-hydrogen) atoms. The van der Waals surface area contributed by atoms with Crippen LogP contribution in [-0.4, -0.2) is 46.2 Å². The van der Waals surface area contributed by atoms with Crippen molar-refractivity contribution in [2.45, 2.75) is 90.4 Å². The zero-order valence-electron chi connectivity index (χ0n) is 16.7. The number of amidine groups is 1. The number of hydrogen-bond acceptors (Lipinski definition) is 3. The molecule has 5 heteroatoms. The van der Waals surface area contributed by atoms with Gasteiger partial charge in [0.1, 0.15) is 12.7 Å². The van der Waals surface area contributed by atoms with E-state index in [1.54, 1.807) is 12.4 Å². The van der Waals surface area contributed by atoms with Gasteiger partial charge in [-0.2, -0.15) is 0 Å². The van der Waals surface area contributed by atoms with E-state index in [2.05, 4.69) is 11.9 Å². The molecule has 0 spiro atoms. The van der Waals surface area contributed by atoms with Gasteiger partial charge >= 0.3 is 5.97 Å². The number of carboxylic acids is 1. The normalized spacial score (nSPS) is 19.1. The first-order valence-corrected chi connectivity index (χ1v) is 10.6. The maximum atomic E-state index is 11.2. The number of aliphatic imine (C=N–C) groups is 1. The first-order valence-electron chi connectivity index (χ1n) is 10.6. The van der Waals surface area contributed by atoms with E-state index in [9.17, 15) is 15.0 Å². The number of nitrogens with zero attached hydrogens (tertiary/aromatic N) is 2. The molecule has 0 saturated heterocycles. The van der Waals surface area contributed by atoms with Gasteiger partial charge in [-0.05, 0) is 6.42 Å². The summed E-state index contributed by atoms with van der Waals surface area (Å²) >= 11 is 0. The molecule has 2 N–H and O–H groups in total. The second-order valence-corrected chi connectivity index (χ2v) is 7.52. The standard InChI is InChI=1S/C21H38N2O3/c1-2-3-4-5-6-7-8-9-10-11-12-13-14-20-22-15-16-23(20,17-18-24)19-21(25)26/h15-16,24H,2-14,17-19H2,1H3/p+1. The molecule has 1 aliphatic rings. The summed E-state index contributed by atoms with van der Waals surface area (Å²) in [5.41, 5.74) is 0. The maximum Gasteiger partial charge on any atom is 0.360 e. The van der Waals surface area contributed by atoms with Crippen LogP contribution in [0.15, 0.2) is 17.4 Å². The molecular formula is C21H39N2O3+. The number of carbonyl (C=O) groups is 1. The van der Waals surface area contributed by atoms with Crippen molar-refractivity contribution in [2.75, 3.05) is 19.7 Å². The highest BCUT2D eigenvalue weighted by atomic mass is 16.4. The van der Waals surface area contributed by atoms with Crippen LogP contribution in [0.2, 0.25) is 0 Å². The minimum atomic E-state index is -0.854. The van der Waals surface area contributed by atoms with E-state index in [0.29, 0.717) is 6.54 Å². The third-order valence-corrected chi connectivity index (χ3v) is 5.26. The molecule has 1 heterocycles. The number of unbranched alkanes of at least 4 members (excludes halogenated alkanes) is 11. The van der Waals surface area contributed by atoms with Gasteiger partial charge in [-0.15, -0.1) is 0 Å². The quantitative estimate of drug-likeness (QED) is 0.285. The van der Waals surface area contributed by atoms with Gasteiger partial charge in [0, 0.05) is 6.42 Å². The van der Waals surface area contributed by atoms with Crippen molar-refractivity contribution in [3.05, 3.63) is 12.4 Å². The monoisotopic (exact) mass is 367 g/mol. The van der Waals surface area contributed by atoms with Crippen molar-refractivity contribution in [2.24, 2.45) is 4.99 Å². The lowest BCUT2D eigenvalue weighted by atomic mass is 10.0. The lowest BCUT2D eigenvalue weighted by Gasteiger charge is -2.30. The number of aliphatic hydroxyl groups excluding tert-OH is 1. The molecule has 0 aromatic heterocycles. The summed E-state index contributed by atoms with van der Waals surface area (Å²) in [6.07, 6.45) is 20.0. The lowest BCUT2D eigenvalue weighted by Crippen LogP contribution is -2.51. The summed E-state index contributed by atoms with van der Waals surface area (Å²) in [4.78, 5) is 15.6. The molecule has 1 unspecified atom stereocenters. The van der Waals surface area contributed by atoms with Crippen LogP contribution in [0.3, 0.4) is 0 Å². The smallest absolute Gasteiger partial charge is 0.360 e. The Morgan fingerprint density at radius 3 is 2.00 bits per heavy atom. The van der Waals surface area contributed by atoms with Gasteiger partial charge in [-0.3, -0.25) is 0 Å². The molecule has 1 atom stereocenters. The van der Waals surface area contributed by atoms with Crippen molar-refractivity contribution in [3.63, 3.8) is 0 Å². The SMILES string of the molecule is CCCCCCCCCCCCCCC1=NC=C[N+]1(CCO)CC(=O)O. The fourth-order valence-corrected chi connectivity index (χ4v) is 3.71. The van der Waals surface area contributed by atoms with E-state index in [4.69, 9.17) is 0 Å². The molecule has 0 amide bonds. The Labute approximate surface area is 159 Å². The Hall–Kier alpha value is -1.20. The Morgan fingerprint density at radius 2 is 1.50 bits per heavy atom. The topological polar surface area (TPSA) is 69.9 Å². The summed E-state index contributed by atoms with van der Waals surface area (Å²) in [5.74, 6) is 0.0286. The first kappa shape index (κ1) is 22.8. The van der Waals surface area contributed by atoms with Crippen LogP contribution in [0.1, 0.15) is 90.4 Å².